The molecule has 0 atom stereocenters. The van der Waals surface area contributed by atoms with Crippen LogP contribution in [0.1, 0.15) is 25.3 Å². The van der Waals surface area contributed by atoms with Gasteiger partial charge in [-0.25, -0.2) is 9.59 Å². The average molecular weight is 367 g/mol. The summed E-state index contributed by atoms with van der Waals surface area (Å²) in [6.45, 7) is 10.0. The Morgan fingerprint density at radius 1 is 1.08 bits per heavy atom. The molecule has 146 valence electrons. The Hall–Kier alpha value is -2.12. The van der Waals surface area contributed by atoms with Gasteiger partial charge in [-0.3, -0.25) is 0 Å². The average Bonchev–Trinajstić information content (AvgIpc) is 2.61. The lowest BCUT2D eigenvalue weighted by Crippen LogP contribution is -2.35. The van der Waals surface area contributed by atoms with Gasteiger partial charge < -0.3 is 24.6 Å². The van der Waals surface area contributed by atoms with Gasteiger partial charge in [-0.1, -0.05) is 25.1 Å². The molecular weight excluding hydrogens is 338 g/mol. The number of carboxylic acids is 2. The number of hydrogen-bond acceptors (Lipinski definition) is 5. The number of aliphatic carboxylic acids is 2. The van der Waals surface area contributed by atoms with Gasteiger partial charge in [0.15, 0.2) is 0 Å². The molecule has 1 heterocycles. The largest absolute Gasteiger partial charge is 0.491 e. The van der Waals surface area contributed by atoms with E-state index >= 15 is 0 Å². The molecule has 0 spiro atoms. The van der Waals surface area contributed by atoms with Gasteiger partial charge in [-0.05, 0) is 50.4 Å². The smallest absolute Gasteiger partial charge is 0.414 e. The molecule has 0 radical (unpaired) electrons. The van der Waals surface area contributed by atoms with Crippen LogP contribution in [0.25, 0.3) is 0 Å². The fourth-order valence-corrected chi connectivity index (χ4v) is 2.51. The third-order valence-corrected chi connectivity index (χ3v) is 4.19. The van der Waals surface area contributed by atoms with E-state index < -0.39 is 11.9 Å². The Labute approximate surface area is 154 Å². The maximum absolute atomic E-state index is 9.10. The molecular formula is C19H29NO6. The molecule has 2 rings (SSSR count). The van der Waals surface area contributed by atoms with Gasteiger partial charge in [0.2, 0.25) is 0 Å². The zero-order valence-electron chi connectivity index (χ0n) is 15.5. The van der Waals surface area contributed by atoms with E-state index in [0.717, 1.165) is 24.8 Å². The summed E-state index contributed by atoms with van der Waals surface area (Å²) in [5, 5.41) is 14.8. The molecule has 1 saturated heterocycles. The third-order valence-electron chi connectivity index (χ3n) is 4.19. The number of likely N-dealkylation sites (tertiary alicyclic amines) is 1. The molecule has 0 amide bonds. The summed E-state index contributed by atoms with van der Waals surface area (Å²) in [6.07, 6.45) is 2.66. The zero-order valence-corrected chi connectivity index (χ0v) is 15.5. The first-order chi connectivity index (χ1) is 12.4. The van der Waals surface area contributed by atoms with E-state index in [4.69, 9.17) is 29.3 Å². The molecule has 1 aliphatic heterocycles. The van der Waals surface area contributed by atoms with E-state index in [1.54, 1.807) is 0 Å². The highest BCUT2D eigenvalue weighted by Crippen LogP contribution is 2.16. The van der Waals surface area contributed by atoms with Crippen molar-refractivity contribution in [1.29, 1.82) is 0 Å². The van der Waals surface area contributed by atoms with Crippen LogP contribution in [0.3, 0.4) is 0 Å². The molecule has 7 heteroatoms. The summed E-state index contributed by atoms with van der Waals surface area (Å²) >= 11 is 0. The zero-order chi connectivity index (χ0) is 19.4. The molecule has 1 aromatic carbocycles. The second-order valence-corrected chi connectivity index (χ2v) is 6.36. The number of benzene rings is 1. The Bertz CT molecular complexity index is 543. The number of hydrogen-bond donors (Lipinski definition) is 2. The van der Waals surface area contributed by atoms with Crippen LogP contribution < -0.4 is 4.74 Å². The van der Waals surface area contributed by atoms with Crippen LogP contribution in [0.15, 0.2) is 24.3 Å². The first kappa shape index (κ1) is 21.9. The Morgan fingerprint density at radius 2 is 1.69 bits per heavy atom. The van der Waals surface area contributed by atoms with Crippen LogP contribution in [0.5, 0.6) is 5.75 Å². The number of ether oxygens (including phenoxy) is 2. The first-order valence-electron chi connectivity index (χ1n) is 8.85. The number of carboxylic acid groups (broad SMARTS) is 2. The summed E-state index contributed by atoms with van der Waals surface area (Å²) in [5.41, 5.74) is 1.18. The molecule has 0 saturated carbocycles. The first-order valence-corrected chi connectivity index (χ1v) is 8.85. The topological polar surface area (TPSA) is 96.3 Å². The maximum atomic E-state index is 9.10. The van der Waals surface area contributed by atoms with Crippen molar-refractivity contribution >= 4 is 11.9 Å². The highest BCUT2D eigenvalue weighted by molar-refractivity contribution is 6.27. The summed E-state index contributed by atoms with van der Waals surface area (Å²) in [4.78, 5) is 20.7. The van der Waals surface area contributed by atoms with Crippen LogP contribution in [-0.2, 0) is 14.3 Å². The van der Waals surface area contributed by atoms with E-state index in [2.05, 4.69) is 24.8 Å². The van der Waals surface area contributed by atoms with Crippen LogP contribution in [0, 0.1) is 12.8 Å². The van der Waals surface area contributed by atoms with Crippen molar-refractivity contribution in [2.75, 3.05) is 39.5 Å². The van der Waals surface area contributed by atoms with E-state index in [1.807, 2.05) is 18.2 Å². The van der Waals surface area contributed by atoms with E-state index in [9.17, 15) is 0 Å². The second-order valence-electron chi connectivity index (χ2n) is 6.36. The lowest BCUT2D eigenvalue weighted by Gasteiger charge is -2.29. The fraction of sp³-hybridized carbons (Fsp3) is 0.579. The molecule has 1 aromatic rings. The normalized spacial score (nSPS) is 15.0. The van der Waals surface area contributed by atoms with Crippen LogP contribution in [0.2, 0.25) is 0 Å². The van der Waals surface area contributed by atoms with Crippen molar-refractivity contribution in [1.82, 2.24) is 4.90 Å². The molecule has 0 unspecified atom stereocenters. The summed E-state index contributed by atoms with van der Waals surface area (Å²) < 4.78 is 11.4. The molecule has 1 fully saturated rings. The predicted octanol–water partition coefficient (Wildman–Crippen LogP) is 2.28. The van der Waals surface area contributed by atoms with Crippen LogP contribution in [-0.4, -0.2) is 66.5 Å². The van der Waals surface area contributed by atoms with Crippen molar-refractivity contribution in [3.63, 3.8) is 0 Å². The lowest BCUT2D eigenvalue weighted by molar-refractivity contribution is -0.159. The van der Waals surface area contributed by atoms with Gasteiger partial charge in [0, 0.05) is 6.54 Å². The maximum Gasteiger partial charge on any atom is 0.414 e. The highest BCUT2D eigenvalue weighted by Gasteiger charge is 2.14. The summed E-state index contributed by atoms with van der Waals surface area (Å²) in [6, 6.07) is 8.09. The minimum absolute atomic E-state index is 0.627. The number of rotatable bonds is 7. The second kappa shape index (κ2) is 12.3. The molecule has 7 nitrogen and oxygen atoms in total. The minimum Gasteiger partial charge on any atom is -0.491 e. The van der Waals surface area contributed by atoms with Gasteiger partial charge in [-0.15, -0.1) is 0 Å². The summed E-state index contributed by atoms with van der Waals surface area (Å²) in [7, 11) is 0. The molecule has 0 aliphatic carbocycles. The molecule has 0 aromatic heterocycles. The standard InChI is InChI=1S/C17H27NO2.C2H2O4/c1-15-7-9-18(10-8-15)11-12-19-13-14-20-17-6-4-3-5-16(17)2;3-1(4)2(5)6/h3-6,15H,7-14H2,1-2H3;(H,3,4)(H,5,6). The van der Waals surface area contributed by atoms with E-state index in [0.29, 0.717) is 13.2 Å². The SMILES string of the molecule is Cc1ccccc1OCCOCCN1CCC(C)CC1.O=C(O)C(=O)O. The number of para-hydroxylation sites is 1. The van der Waals surface area contributed by atoms with Crippen molar-refractivity contribution in [2.45, 2.75) is 26.7 Å². The van der Waals surface area contributed by atoms with Crippen molar-refractivity contribution in [3.05, 3.63) is 29.8 Å². The predicted molar refractivity (Wildman–Crippen MR) is 97.6 cm³/mol. The van der Waals surface area contributed by atoms with Gasteiger partial charge in [0.25, 0.3) is 0 Å². The van der Waals surface area contributed by atoms with Crippen LogP contribution in [0.4, 0.5) is 0 Å². The quantitative estimate of drug-likeness (QED) is 0.564. The fourth-order valence-electron chi connectivity index (χ4n) is 2.51. The highest BCUT2D eigenvalue weighted by atomic mass is 16.5. The van der Waals surface area contributed by atoms with Gasteiger partial charge >= 0.3 is 11.9 Å². The van der Waals surface area contributed by atoms with Gasteiger partial charge in [-0.2, -0.15) is 0 Å². The van der Waals surface area contributed by atoms with Gasteiger partial charge in [0.05, 0.1) is 13.2 Å². The molecule has 2 N–H and O–H groups in total. The van der Waals surface area contributed by atoms with Crippen molar-refractivity contribution in [2.24, 2.45) is 5.92 Å². The molecule has 1 aliphatic rings. The monoisotopic (exact) mass is 367 g/mol. The van der Waals surface area contributed by atoms with E-state index in [-0.39, 0.29) is 0 Å². The Morgan fingerprint density at radius 3 is 2.27 bits per heavy atom. The van der Waals surface area contributed by atoms with Crippen molar-refractivity contribution < 1.29 is 29.3 Å². The van der Waals surface area contributed by atoms with Gasteiger partial charge in [0.1, 0.15) is 12.4 Å². The van der Waals surface area contributed by atoms with E-state index in [1.165, 1.54) is 31.5 Å². The minimum atomic E-state index is -1.82. The number of aryl methyl sites for hydroxylation is 1. The molecule has 0 bridgehead atoms. The Balaban J connectivity index is 0.000000487. The van der Waals surface area contributed by atoms with Crippen LogP contribution >= 0.6 is 0 Å². The summed E-state index contributed by atoms with van der Waals surface area (Å²) in [5.74, 6) is -1.79. The number of piperidine rings is 1. The third kappa shape index (κ3) is 9.39. The lowest BCUT2D eigenvalue weighted by atomic mass is 9.99. The Kier molecular flexibility index (Phi) is 10.3. The van der Waals surface area contributed by atoms with Crippen molar-refractivity contribution in [3.8, 4) is 5.75 Å². The number of carbonyl (C=O) groups is 2. The number of nitrogens with zero attached hydrogens (tertiary/aromatic N) is 1. The molecule has 26 heavy (non-hydrogen) atoms.